The van der Waals surface area contributed by atoms with Gasteiger partial charge in [0.2, 0.25) is 0 Å². The normalized spacial score (nSPS) is 10.1. The first-order chi connectivity index (χ1) is 8.56. The standard InChI is InChI=1S/C12H10BrN3O2/c13-8-4-7(5-9(14)6-8)12(18)16-11-10(17)2-1-3-15-11/h1-6,17H,14H2,(H,15,16,18). The zero-order valence-electron chi connectivity index (χ0n) is 9.22. The average Bonchev–Trinajstić information content (AvgIpc) is 2.31. The largest absolute Gasteiger partial charge is 0.504 e. The van der Waals surface area contributed by atoms with Crippen LogP contribution in [0.1, 0.15) is 10.4 Å². The second kappa shape index (κ2) is 5.05. The van der Waals surface area contributed by atoms with Gasteiger partial charge in [-0.1, -0.05) is 15.9 Å². The second-order valence-electron chi connectivity index (χ2n) is 3.60. The molecule has 4 N–H and O–H groups in total. The molecule has 0 fully saturated rings. The molecule has 0 aliphatic rings. The highest BCUT2D eigenvalue weighted by molar-refractivity contribution is 9.10. The van der Waals surface area contributed by atoms with Crippen molar-refractivity contribution in [2.45, 2.75) is 0 Å². The van der Waals surface area contributed by atoms with E-state index < -0.39 is 5.91 Å². The molecule has 0 spiro atoms. The minimum atomic E-state index is -0.392. The Hall–Kier alpha value is -2.08. The van der Waals surface area contributed by atoms with Gasteiger partial charge in [0, 0.05) is 21.9 Å². The van der Waals surface area contributed by atoms with E-state index in [-0.39, 0.29) is 11.6 Å². The topological polar surface area (TPSA) is 88.2 Å². The zero-order chi connectivity index (χ0) is 13.1. The van der Waals surface area contributed by atoms with Crippen LogP contribution in [0.4, 0.5) is 11.5 Å². The SMILES string of the molecule is Nc1cc(Br)cc(C(=O)Nc2ncccc2O)c1. The van der Waals surface area contributed by atoms with Crippen molar-refractivity contribution in [1.29, 1.82) is 0 Å². The molecular formula is C12H10BrN3O2. The molecule has 0 aliphatic heterocycles. The van der Waals surface area contributed by atoms with Crippen LogP contribution in [-0.2, 0) is 0 Å². The fraction of sp³-hybridized carbons (Fsp3) is 0. The molecule has 1 amide bonds. The van der Waals surface area contributed by atoms with E-state index in [4.69, 9.17) is 5.73 Å². The molecule has 5 nitrogen and oxygen atoms in total. The summed E-state index contributed by atoms with van der Waals surface area (Å²) in [5, 5.41) is 12.0. The lowest BCUT2D eigenvalue weighted by Gasteiger charge is -2.07. The first kappa shape index (κ1) is 12.4. The number of halogens is 1. The summed E-state index contributed by atoms with van der Waals surface area (Å²) in [7, 11) is 0. The molecule has 0 bridgehead atoms. The number of nitrogen functional groups attached to an aromatic ring is 1. The first-order valence-corrected chi connectivity index (χ1v) is 5.87. The van der Waals surface area contributed by atoms with E-state index in [0.29, 0.717) is 15.7 Å². The number of rotatable bonds is 2. The number of aromatic nitrogens is 1. The quantitative estimate of drug-likeness (QED) is 0.743. The van der Waals surface area contributed by atoms with E-state index in [1.807, 2.05) is 0 Å². The zero-order valence-corrected chi connectivity index (χ0v) is 10.8. The van der Waals surface area contributed by atoms with E-state index in [9.17, 15) is 9.90 Å². The average molecular weight is 308 g/mol. The summed E-state index contributed by atoms with van der Waals surface area (Å²) in [5.41, 5.74) is 6.50. The van der Waals surface area contributed by atoms with Crippen molar-refractivity contribution < 1.29 is 9.90 Å². The number of aromatic hydroxyl groups is 1. The van der Waals surface area contributed by atoms with Gasteiger partial charge >= 0.3 is 0 Å². The Bertz CT molecular complexity index is 581. The Morgan fingerprint density at radius 2 is 2.17 bits per heavy atom. The van der Waals surface area contributed by atoms with Crippen molar-refractivity contribution in [3.8, 4) is 5.75 Å². The number of pyridine rings is 1. The maximum atomic E-state index is 11.9. The molecule has 0 atom stereocenters. The predicted octanol–water partition coefficient (Wildman–Crippen LogP) is 2.38. The summed E-state index contributed by atoms with van der Waals surface area (Å²) in [4.78, 5) is 15.8. The van der Waals surface area contributed by atoms with Crippen LogP contribution in [0.2, 0.25) is 0 Å². The van der Waals surface area contributed by atoms with Gasteiger partial charge in [-0.15, -0.1) is 0 Å². The van der Waals surface area contributed by atoms with Crippen molar-refractivity contribution >= 4 is 33.3 Å². The lowest BCUT2D eigenvalue weighted by Crippen LogP contribution is -2.13. The number of nitrogens with two attached hydrogens (primary N) is 1. The summed E-state index contributed by atoms with van der Waals surface area (Å²) >= 11 is 3.26. The van der Waals surface area contributed by atoms with E-state index >= 15 is 0 Å². The maximum Gasteiger partial charge on any atom is 0.257 e. The van der Waals surface area contributed by atoms with Crippen LogP contribution in [0.15, 0.2) is 41.0 Å². The highest BCUT2D eigenvalue weighted by atomic mass is 79.9. The smallest absolute Gasteiger partial charge is 0.257 e. The number of nitrogens with zero attached hydrogens (tertiary/aromatic N) is 1. The summed E-state index contributed by atoms with van der Waals surface area (Å²) in [6.07, 6.45) is 1.48. The van der Waals surface area contributed by atoms with Crippen LogP contribution in [0.3, 0.4) is 0 Å². The fourth-order valence-corrected chi connectivity index (χ4v) is 1.93. The second-order valence-corrected chi connectivity index (χ2v) is 4.51. The number of amides is 1. The van der Waals surface area contributed by atoms with Crippen molar-refractivity contribution in [2.75, 3.05) is 11.1 Å². The molecule has 1 aromatic carbocycles. The summed E-state index contributed by atoms with van der Waals surface area (Å²) in [5.74, 6) is -0.369. The molecule has 2 aromatic rings. The third-order valence-electron chi connectivity index (χ3n) is 2.20. The van der Waals surface area contributed by atoms with Gasteiger partial charge in [-0.2, -0.15) is 0 Å². The Balaban J connectivity index is 2.25. The molecule has 6 heteroatoms. The van der Waals surface area contributed by atoms with E-state index in [0.717, 1.165) is 0 Å². The molecule has 18 heavy (non-hydrogen) atoms. The van der Waals surface area contributed by atoms with Gasteiger partial charge in [0.1, 0.15) is 0 Å². The third kappa shape index (κ3) is 2.78. The van der Waals surface area contributed by atoms with Crippen LogP contribution in [0, 0.1) is 0 Å². The molecule has 0 radical (unpaired) electrons. The highest BCUT2D eigenvalue weighted by Crippen LogP contribution is 2.21. The highest BCUT2D eigenvalue weighted by Gasteiger charge is 2.10. The van der Waals surface area contributed by atoms with Crippen LogP contribution in [0.25, 0.3) is 0 Å². The molecule has 0 saturated carbocycles. The van der Waals surface area contributed by atoms with Crippen molar-refractivity contribution in [3.05, 3.63) is 46.6 Å². The van der Waals surface area contributed by atoms with Crippen LogP contribution in [-0.4, -0.2) is 16.0 Å². The number of anilines is 2. The fourth-order valence-electron chi connectivity index (χ4n) is 1.42. The van der Waals surface area contributed by atoms with Gasteiger partial charge in [-0.25, -0.2) is 4.98 Å². The molecule has 1 heterocycles. The van der Waals surface area contributed by atoms with Crippen molar-refractivity contribution in [3.63, 3.8) is 0 Å². The minimum Gasteiger partial charge on any atom is -0.504 e. The number of hydrogen-bond donors (Lipinski definition) is 3. The van der Waals surface area contributed by atoms with Crippen LogP contribution < -0.4 is 11.1 Å². The van der Waals surface area contributed by atoms with Crippen LogP contribution >= 0.6 is 15.9 Å². The Labute approximate surface area is 112 Å². The van der Waals surface area contributed by atoms with Gasteiger partial charge in [0.05, 0.1) is 0 Å². The summed E-state index contributed by atoms with van der Waals surface area (Å²) < 4.78 is 0.706. The van der Waals surface area contributed by atoms with E-state index in [1.54, 1.807) is 24.3 Å². The van der Waals surface area contributed by atoms with E-state index in [1.165, 1.54) is 12.3 Å². The molecule has 0 unspecified atom stereocenters. The minimum absolute atomic E-state index is 0.0891. The van der Waals surface area contributed by atoms with Crippen molar-refractivity contribution in [2.24, 2.45) is 0 Å². The number of benzene rings is 1. The number of hydrogen-bond acceptors (Lipinski definition) is 4. The molecular weight excluding hydrogens is 298 g/mol. The van der Waals surface area contributed by atoms with Gasteiger partial charge in [-0.05, 0) is 30.3 Å². The Morgan fingerprint density at radius 1 is 1.39 bits per heavy atom. The Kier molecular flexibility index (Phi) is 3.47. The summed E-state index contributed by atoms with van der Waals surface area (Å²) in [6.45, 7) is 0. The monoisotopic (exact) mass is 307 g/mol. The lowest BCUT2D eigenvalue weighted by atomic mass is 10.2. The summed E-state index contributed by atoms with van der Waals surface area (Å²) in [6, 6.07) is 7.88. The number of carbonyl (C=O) groups is 1. The number of nitrogens with one attached hydrogen (secondary N) is 1. The molecule has 0 saturated heterocycles. The first-order valence-electron chi connectivity index (χ1n) is 5.07. The molecule has 0 aliphatic carbocycles. The van der Waals surface area contributed by atoms with Gasteiger partial charge in [-0.3, -0.25) is 4.79 Å². The maximum absolute atomic E-state index is 11.9. The molecule has 2 rings (SSSR count). The van der Waals surface area contributed by atoms with Crippen LogP contribution in [0.5, 0.6) is 5.75 Å². The van der Waals surface area contributed by atoms with Gasteiger partial charge < -0.3 is 16.2 Å². The lowest BCUT2D eigenvalue weighted by molar-refractivity contribution is 0.102. The third-order valence-corrected chi connectivity index (χ3v) is 2.66. The van der Waals surface area contributed by atoms with Gasteiger partial charge in [0.15, 0.2) is 11.6 Å². The van der Waals surface area contributed by atoms with Gasteiger partial charge in [0.25, 0.3) is 5.91 Å². The van der Waals surface area contributed by atoms with Crippen molar-refractivity contribution in [1.82, 2.24) is 4.98 Å². The predicted molar refractivity (Wildman–Crippen MR) is 72.4 cm³/mol. The molecule has 92 valence electrons. The number of carbonyl (C=O) groups excluding carboxylic acids is 1. The molecule has 1 aromatic heterocycles. The van der Waals surface area contributed by atoms with E-state index in [2.05, 4.69) is 26.2 Å². The Morgan fingerprint density at radius 3 is 2.83 bits per heavy atom.